The first kappa shape index (κ1) is 13.1. The summed E-state index contributed by atoms with van der Waals surface area (Å²) in [4.78, 5) is 11.6. The van der Waals surface area contributed by atoms with E-state index in [-0.39, 0.29) is 16.3 Å². The van der Waals surface area contributed by atoms with Crippen molar-refractivity contribution in [3.05, 3.63) is 28.5 Å². The molecule has 1 saturated carbocycles. The molecule has 0 aliphatic heterocycles. The third-order valence-corrected chi connectivity index (χ3v) is 3.96. The van der Waals surface area contributed by atoms with E-state index in [9.17, 15) is 19.4 Å². The van der Waals surface area contributed by atoms with E-state index in [0.29, 0.717) is 25.7 Å². The predicted molar refractivity (Wildman–Crippen MR) is 65.5 cm³/mol. The molecule has 0 spiro atoms. The van der Waals surface area contributed by atoms with Crippen molar-refractivity contribution in [2.24, 2.45) is 0 Å². The number of hydrogen-bond donors (Lipinski definition) is 2. The Balaban J connectivity index is 2.63. The molecule has 2 N–H and O–H groups in total. The Morgan fingerprint density at radius 1 is 1.28 bits per heavy atom. The van der Waals surface area contributed by atoms with Crippen molar-refractivity contribution in [1.29, 1.82) is 0 Å². The third kappa shape index (κ3) is 1.94. The zero-order valence-electron chi connectivity index (χ0n) is 9.75. The van der Waals surface area contributed by atoms with Gasteiger partial charge in [0.05, 0.1) is 10.4 Å². The van der Waals surface area contributed by atoms with E-state index in [1.165, 1.54) is 12.1 Å². The summed E-state index contributed by atoms with van der Waals surface area (Å²) in [7, 11) is 0. The van der Waals surface area contributed by atoms with Crippen LogP contribution in [0.5, 0.6) is 5.75 Å². The SMILES string of the molecule is O=C(O)C1(c2c(O)ccc(Cl)c2F)CCCCC1. The maximum absolute atomic E-state index is 14.1. The van der Waals surface area contributed by atoms with E-state index in [1.807, 2.05) is 0 Å². The van der Waals surface area contributed by atoms with E-state index >= 15 is 0 Å². The second-order valence-electron chi connectivity index (χ2n) is 4.70. The summed E-state index contributed by atoms with van der Waals surface area (Å²) in [6.45, 7) is 0. The summed E-state index contributed by atoms with van der Waals surface area (Å²) in [5.74, 6) is -2.25. The zero-order chi connectivity index (χ0) is 13.3. The minimum absolute atomic E-state index is 0.158. The number of aromatic hydroxyl groups is 1. The molecule has 0 bridgehead atoms. The monoisotopic (exact) mass is 272 g/mol. The van der Waals surface area contributed by atoms with Gasteiger partial charge in [0.25, 0.3) is 0 Å². The fraction of sp³-hybridized carbons (Fsp3) is 0.462. The van der Waals surface area contributed by atoms with Gasteiger partial charge in [-0.05, 0) is 25.0 Å². The summed E-state index contributed by atoms with van der Waals surface area (Å²) in [6, 6.07) is 2.48. The Morgan fingerprint density at radius 2 is 1.89 bits per heavy atom. The number of carbonyl (C=O) groups is 1. The summed E-state index contributed by atoms with van der Waals surface area (Å²) in [5.41, 5.74) is -1.51. The number of aliphatic carboxylic acids is 1. The fourth-order valence-electron chi connectivity index (χ4n) is 2.72. The van der Waals surface area contributed by atoms with Crippen LogP contribution in [0.25, 0.3) is 0 Å². The highest BCUT2D eigenvalue weighted by molar-refractivity contribution is 6.30. The predicted octanol–water partition coefficient (Wildman–Crippen LogP) is 3.47. The van der Waals surface area contributed by atoms with Crippen LogP contribution in [-0.2, 0) is 10.2 Å². The van der Waals surface area contributed by atoms with Crippen molar-refractivity contribution in [2.45, 2.75) is 37.5 Å². The maximum atomic E-state index is 14.1. The van der Waals surface area contributed by atoms with Crippen LogP contribution in [0.3, 0.4) is 0 Å². The zero-order valence-corrected chi connectivity index (χ0v) is 10.5. The summed E-state index contributed by atoms with van der Waals surface area (Å²) < 4.78 is 14.1. The Hall–Kier alpha value is -1.29. The molecule has 2 rings (SSSR count). The lowest BCUT2D eigenvalue weighted by Gasteiger charge is -2.34. The number of phenolic OH excluding ortho intramolecular Hbond substituents is 1. The van der Waals surface area contributed by atoms with Gasteiger partial charge in [-0.25, -0.2) is 4.39 Å². The lowest BCUT2D eigenvalue weighted by atomic mass is 9.69. The van der Waals surface area contributed by atoms with Gasteiger partial charge in [0.15, 0.2) is 0 Å². The number of carboxylic acid groups (broad SMARTS) is 1. The summed E-state index contributed by atoms with van der Waals surface area (Å²) in [6.07, 6.45) is 2.99. The molecule has 1 aromatic carbocycles. The molecule has 0 amide bonds. The Bertz CT molecular complexity index is 481. The second-order valence-corrected chi connectivity index (χ2v) is 5.11. The molecule has 1 fully saturated rings. The number of rotatable bonds is 2. The quantitative estimate of drug-likeness (QED) is 0.867. The maximum Gasteiger partial charge on any atom is 0.314 e. The van der Waals surface area contributed by atoms with Crippen molar-refractivity contribution in [1.82, 2.24) is 0 Å². The van der Waals surface area contributed by atoms with Gasteiger partial charge in [0, 0.05) is 5.56 Å². The summed E-state index contributed by atoms with van der Waals surface area (Å²) >= 11 is 5.69. The molecule has 3 nitrogen and oxygen atoms in total. The van der Waals surface area contributed by atoms with Crippen LogP contribution in [-0.4, -0.2) is 16.2 Å². The molecule has 1 aliphatic carbocycles. The van der Waals surface area contributed by atoms with Crippen molar-refractivity contribution in [3.63, 3.8) is 0 Å². The number of hydrogen-bond acceptors (Lipinski definition) is 2. The molecular weight excluding hydrogens is 259 g/mol. The lowest BCUT2D eigenvalue weighted by molar-refractivity contribution is -0.145. The van der Waals surface area contributed by atoms with Crippen LogP contribution in [0.4, 0.5) is 4.39 Å². The van der Waals surface area contributed by atoms with Crippen LogP contribution in [0.15, 0.2) is 12.1 Å². The highest BCUT2D eigenvalue weighted by Gasteiger charge is 2.45. The molecule has 1 aliphatic rings. The van der Waals surface area contributed by atoms with E-state index in [1.54, 1.807) is 0 Å². The minimum Gasteiger partial charge on any atom is -0.508 e. The fourth-order valence-corrected chi connectivity index (χ4v) is 2.88. The number of halogens is 2. The van der Waals surface area contributed by atoms with Gasteiger partial charge in [-0.2, -0.15) is 0 Å². The van der Waals surface area contributed by atoms with Crippen molar-refractivity contribution >= 4 is 17.6 Å². The smallest absolute Gasteiger partial charge is 0.314 e. The first-order valence-corrected chi connectivity index (χ1v) is 6.28. The first-order chi connectivity index (χ1) is 8.49. The Kier molecular flexibility index (Phi) is 3.48. The highest BCUT2D eigenvalue weighted by atomic mass is 35.5. The van der Waals surface area contributed by atoms with Gasteiger partial charge in [0.2, 0.25) is 0 Å². The molecule has 1 aromatic rings. The van der Waals surface area contributed by atoms with Crippen LogP contribution in [0.1, 0.15) is 37.7 Å². The normalized spacial score (nSPS) is 18.6. The van der Waals surface area contributed by atoms with E-state index in [4.69, 9.17) is 11.6 Å². The molecule has 0 heterocycles. The highest BCUT2D eigenvalue weighted by Crippen LogP contribution is 2.45. The molecule has 98 valence electrons. The first-order valence-electron chi connectivity index (χ1n) is 5.90. The lowest BCUT2D eigenvalue weighted by Crippen LogP contribution is -2.38. The second kappa shape index (κ2) is 4.76. The molecule has 0 aromatic heterocycles. The van der Waals surface area contributed by atoms with E-state index in [0.717, 1.165) is 6.42 Å². The molecule has 5 heteroatoms. The topological polar surface area (TPSA) is 57.5 Å². The molecule has 18 heavy (non-hydrogen) atoms. The van der Waals surface area contributed by atoms with Crippen LogP contribution in [0.2, 0.25) is 5.02 Å². The van der Waals surface area contributed by atoms with Gasteiger partial charge >= 0.3 is 5.97 Å². The average Bonchev–Trinajstić information content (AvgIpc) is 2.35. The van der Waals surface area contributed by atoms with Crippen LogP contribution < -0.4 is 0 Å². The van der Waals surface area contributed by atoms with Crippen LogP contribution >= 0.6 is 11.6 Å². The van der Waals surface area contributed by atoms with Crippen molar-refractivity contribution < 1.29 is 19.4 Å². The summed E-state index contributed by atoms with van der Waals surface area (Å²) in [5, 5.41) is 19.1. The van der Waals surface area contributed by atoms with E-state index in [2.05, 4.69) is 0 Å². The molecule has 0 atom stereocenters. The van der Waals surface area contributed by atoms with Crippen molar-refractivity contribution in [3.8, 4) is 5.75 Å². The van der Waals surface area contributed by atoms with Gasteiger partial charge in [-0.1, -0.05) is 30.9 Å². The third-order valence-electron chi connectivity index (χ3n) is 3.67. The average molecular weight is 273 g/mol. The minimum atomic E-state index is -1.35. The number of phenols is 1. The van der Waals surface area contributed by atoms with Gasteiger partial charge in [-0.15, -0.1) is 0 Å². The van der Waals surface area contributed by atoms with Gasteiger partial charge in [-0.3, -0.25) is 4.79 Å². The molecule has 0 saturated heterocycles. The standard InChI is InChI=1S/C13H14ClFO3/c14-8-4-5-9(16)10(11(8)15)13(12(17)18)6-2-1-3-7-13/h4-5,16H,1-3,6-7H2,(H,17,18). The molecule has 0 radical (unpaired) electrons. The van der Waals surface area contributed by atoms with Crippen LogP contribution in [0, 0.1) is 5.82 Å². The largest absolute Gasteiger partial charge is 0.508 e. The van der Waals surface area contributed by atoms with E-state index < -0.39 is 17.2 Å². The Labute approximate surface area is 109 Å². The van der Waals surface area contributed by atoms with Gasteiger partial charge < -0.3 is 10.2 Å². The number of carboxylic acids is 1. The number of benzene rings is 1. The molecular formula is C13H14ClFO3. The van der Waals surface area contributed by atoms with Gasteiger partial charge in [0.1, 0.15) is 11.6 Å². The molecule has 0 unspecified atom stereocenters. The Morgan fingerprint density at radius 3 is 2.44 bits per heavy atom. The van der Waals surface area contributed by atoms with Crippen molar-refractivity contribution in [2.75, 3.05) is 0 Å².